The number of ether oxygens (including phenoxy) is 1. The minimum atomic E-state index is 0.326. The number of fused-ring (bicyclic) bond motifs is 5. The first-order valence-corrected chi connectivity index (χ1v) is 9.72. The van der Waals surface area contributed by atoms with Gasteiger partial charge in [-0.1, -0.05) is 54.6 Å². The van der Waals surface area contributed by atoms with Gasteiger partial charge in [-0.05, 0) is 31.5 Å². The van der Waals surface area contributed by atoms with Gasteiger partial charge in [0.1, 0.15) is 12.5 Å². The Kier molecular flexibility index (Phi) is 3.91. The minimum absolute atomic E-state index is 0.326. The lowest BCUT2D eigenvalue weighted by Gasteiger charge is -2.34. The smallest absolute Gasteiger partial charge is 0.142 e. The van der Waals surface area contributed by atoms with Gasteiger partial charge in [-0.15, -0.1) is 0 Å². The summed E-state index contributed by atoms with van der Waals surface area (Å²) >= 11 is 0. The Bertz CT molecular complexity index is 1110. The van der Waals surface area contributed by atoms with Crippen LogP contribution < -0.4 is 4.74 Å². The second-order valence-electron chi connectivity index (χ2n) is 7.32. The van der Waals surface area contributed by atoms with E-state index in [1.54, 1.807) is 0 Å². The van der Waals surface area contributed by atoms with Crippen molar-refractivity contribution in [3.05, 3.63) is 77.9 Å². The zero-order valence-corrected chi connectivity index (χ0v) is 15.9. The number of benzene rings is 3. The van der Waals surface area contributed by atoms with E-state index in [-0.39, 0.29) is 0 Å². The maximum atomic E-state index is 6.37. The first kappa shape index (κ1) is 16.4. The Hall–Kier alpha value is -2.78. The van der Waals surface area contributed by atoms with Gasteiger partial charge in [-0.2, -0.15) is 0 Å². The molecule has 0 fully saturated rings. The molecular weight excluding hydrogens is 332 g/mol. The Balaban J connectivity index is 1.60. The fourth-order valence-corrected chi connectivity index (χ4v) is 4.38. The molecule has 0 aliphatic carbocycles. The van der Waals surface area contributed by atoms with E-state index in [1.807, 2.05) is 0 Å². The van der Waals surface area contributed by atoms with Crippen LogP contribution in [0.4, 0.5) is 0 Å². The van der Waals surface area contributed by atoms with Gasteiger partial charge >= 0.3 is 0 Å². The van der Waals surface area contributed by atoms with E-state index in [0.29, 0.717) is 12.8 Å². The number of para-hydroxylation sites is 1. The molecular formula is C24H24N2O. The third-order valence-corrected chi connectivity index (χ3v) is 5.87. The van der Waals surface area contributed by atoms with Gasteiger partial charge in [0.25, 0.3) is 0 Å². The Labute approximate surface area is 159 Å². The molecule has 1 aromatic heterocycles. The van der Waals surface area contributed by atoms with E-state index in [4.69, 9.17) is 4.74 Å². The number of aryl methyl sites for hydroxylation is 1. The monoisotopic (exact) mass is 356 g/mol. The van der Waals surface area contributed by atoms with Crippen LogP contribution in [0.5, 0.6) is 5.75 Å². The zero-order valence-electron chi connectivity index (χ0n) is 15.9. The van der Waals surface area contributed by atoms with Crippen molar-refractivity contribution in [2.24, 2.45) is 0 Å². The van der Waals surface area contributed by atoms with Gasteiger partial charge in [-0.25, -0.2) is 0 Å². The highest BCUT2D eigenvalue weighted by molar-refractivity contribution is 6.11. The highest BCUT2D eigenvalue weighted by Gasteiger charge is 2.26. The van der Waals surface area contributed by atoms with Crippen molar-refractivity contribution in [1.29, 1.82) is 0 Å². The SMILES string of the molecule is CCn1c2ccccc2c2c3c(ccc21)CN(C(C)c1ccccc1)CO3. The molecule has 3 aromatic carbocycles. The molecule has 0 N–H and O–H groups in total. The van der Waals surface area contributed by atoms with Crippen molar-refractivity contribution in [2.45, 2.75) is 33.0 Å². The average molecular weight is 356 g/mol. The van der Waals surface area contributed by atoms with Crippen LogP contribution in [0.1, 0.15) is 31.0 Å². The molecule has 0 amide bonds. The Morgan fingerprint density at radius 2 is 1.70 bits per heavy atom. The normalized spacial score (nSPS) is 15.6. The number of rotatable bonds is 3. The van der Waals surface area contributed by atoms with Crippen LogP contribution in [0.25, 0.3) is 21.8 Å². The van der Waals surface area contributed by atoms with Crippen LogP contribution in [-0.2, 0) is 13.1 Å². The molecule has 4 aromatic rings. The summed E-state index contributed by atoms with van der Waals surface area (Å²) in [7, 11) is 0. The summed E-state index contributed by atoms with van der Waals surface area (Å²) in [5.74, 6) is 1.06. The molecule has 136 valence electrons. The molecule has 0 radical (unpaired) electrons. The summed E-state index contributed by atoms with van der Waals surface area (Å²) < 4.78 is 8.75. The second kappa shape index (κ2) is 6.43. The number of hydrogen-bond acceptors (Lipinski definition) is 2. The van der Waals surface area contributed by atoms with Gasteiger partial charge in [0.05, 0.1) is 5.52 Å². The predicted molar refractivity (Wildman–Crippen MR) is 111 cm³/mol. The van der Waals surface area contributed by atoms with E-state index < -0.39 is 0 Å². The first-order chi connectivity index (χ1) is 13.3. The van der Waals surface area contributed by atoms with Crippen LogP contribution >= 0.6 is 0 Å². The van der Waals surface area contributed by atoms with Crippen LogP contribution in [0.15, 0.2) is 66.7 Å². The molecule has 1 atom stereocenters. The predicted octanol–water partition coefficient (Wildman–Crippen LogP) is 5.73. The summed E-state index contributed by atoms with van der Waals surface area (Å²) in [6, 6.07) is 24.1. The van der Waals surface area contributed by atoms with Gasteiger partial charge in [0.15, 0.2) is 0 Å². The maximum absolute atomic E-state index is 6.37. The van der Waals surface area contributed by atoms with E-state index in [2.05, 4.69) is 90.0 Å². The van der Waals surface area contributed by atoms with E-state index in [9.17, 15) is 0 Å². The van der Waals surface area contributed by atoms with Crippen LogP contribution in [0, 0.1) is 0 Å². The number of nitrogens with zero attached hydrogens (tertiary/aromatic N) is 2. The van der Waals surface area contributed by atoms with E-state index >= 15 is 0 Å². The third kappa shape index (κ3) is 2.54. The highest BCUT2D eigenvalue weighted by Crippen LogP contribution is 2.41. The quantitative estimate of drug-likeness (QED) is 0.466. The Morgan fingerprint density at radius 3 is 2.52 bits per heavy atom. The summed E-state index contributed by atoms with van der Waals surface area (Å²) in [5.41, 5.74) is 5.15. The van der Waals surface area contributed by atoms with Crippen LogP contribution in [0.3, 0.4) is 0 Å². The fraction of sp³-hybridized carbons (Fsp3) is 0.250. The molecule has 5 rings (SSSR count). The van der Waals surface area contributed by atoms with Crippen LogP contribution in [-0.4, -0.2) is 16.2 Å². The molecule has 0 saturated carbocycles. The molecule has 3 nitrogen and oxygen atoms in total. The minimum Gasteiger partial charge on any atom is -0.477 e. The summed E-state index contributed by atoms with van der Waals surface area (Å²) in [4.78, 5) is 2.39. The standard InChI is InChI=1S/C24H24N2O/c1-3-26-21-12-8-7-11-20(21)23-22(26)14-13-19-15-25(16-27-24(19)23)17(2)18-9-5-4-6-10-18/h4-14,17H,3,15-16H2,1-2H3. The van der Waals surface area contributed by atoms with Crippen LogP contribution in [0.2, 0.25) is 0 Å². The van der Waals surface area contributed by atoms with Gasteiger partial charge < -0.3 is 9.30 Å². The fourth-order valence-electron chi connectivity index (χ4n) is 4.38. The summed E-state index contributed by atoms with van der Waals surface area (Å²) in [6.07, 6.45) is 0. The first-order valence-electron chi connectivity index (χ1n) is 9.72. The van der Waals surface area contributed by atoms with Gasteiger partial charge in [0.2, 0.25) is 0 Å². The van der Waals surface area contributed by atoms with Gasteiger partial charge in [-0.3, -0.25) is 4.90 Å². The largest absolute Gasteiger partial charge is 0.477 e. The number of hydrogen-bond donors (Lipinski definition) is 0. The van der Waals surface area contributed by atoms with E-state index in [0.717, 1.165) is 18.8 Å². The zero-order chi connectivity index (χ0) is 18.4. The van der Waals surface area contributed by atoms with Gasteiger partial charge in [0, 0.05) is 41.0 Å². The molecule has 0 saturated heterocycles. The molecule has 0 spiro atoms. The summed E-state index contributed by atoms with van der Waals surface area (Å²) in [5, 5.41) is 2.55. The van der Waals surface area contributed by atoms with Crippen molar-refractivity contribution >= 4 is 21.8 Å². The van der Waals surface area contributed by atoms with Crippen molar-refractivity contribution in [2.75, 3.05) is 6.73 Å². The molecule has 3 heteroatoms. The molecule has 1 aliphatic heterocycles. The molecule has 1 aliphatic rings. The third-order valence-electron chi connectivity index (χ3n) is 5.87. The number of aromatic nitrogens is 1. The van der Waals surface area contributed by atoms with Crippen molar-refractivity contribution in [3.63, 3.8) is 0 Å². The Morgan fingerprint density at radius 1 is 0.926 bits per heavy atom. The second-order valence-corrected chi connectivity index (χ2v) is 7.32. The topological polar surface area (TPSA) is 17.4 Å². The molecule has 2 heterocycles. The molecule has 1 unspecified atom stereocenters. The molecule has 0 bridgehead atoms. The molecule has 27 heavy (non-hydrogen) atoms. The summed E-state index contributed by atoms with van der Waals surface area (Å²) in [6.45, 7) is 6.95. The lowest BCUT2D eigenvalue weighted by molar-refractivity contribution is 0.0632. The van der Waals surface area contributed by atoms with Crippen molar-refractivity contribution in [1.82, 2.24) is 9.47 Å². The van der Waals surface area contributed by atoms with Crippen molar-refractivity contribution < 1.29 is 4.74 Å². The lowest BCUT2D eigenvalue weighted by Crippen LogP contribution is -2.34. The maximum Gasteiger partial charge on any atom is 0.142 e. The van der Waals surface area contributed by atoms with Crippen molar-refractivity contribution in [3.8, 4) is 5.75 Å². The highest BCUT2D eigenvalue weighted by atomic mass is 16.5. The average Bonchev–Trinajstić information content (AvgIpc) is 3.07. The lowest BCUT2D eigenvalue weighted by atomic mass is 10.0. The van der Waals surface area contributed by atoms with E-state index in [1.165, 1.54) is 32.9 Å².